The topological polar surface area (TPSA) is 21.6 Å². The summed E-state index contributed by atoms with van der Waals surface area (Å²) in [7, 11) is 0. The second kappa shape index (κ2) is 7.82. The van der Waals surface area contributed by atoms with Crippen molar-refractivity contribution in [1.29, 1.82) is 0 Å². The van der Waals surface area contributed by atoms with Crippen LogP contribution >= 0.6 is 0 Å². The fourth-order valence-electron chi connectivity index (χ4n) is 2.07. The minimum atomic E-state index is 0.517. The van der Waals surface area contributed by atoms with Crippen LogP contribution in [0.25, 0.3) is 0 Å². The van der Waals surface area contributed by atoms with Gasteiger partial charge in [0.25, 0.3) is 0 Å². The molecule has 1 aliphatic rings. The van der Waals surface area contributed by atoms with Crippen molar-refractivity contribution in [2.45, 2.75) is 11.7 Å². The van der Waals surface area contributed by atoms with Crippen LogP contribution in [0.15, 0.2) is 59.6 Å². The van der Waals surface area contributed by atoms with Crippen molar-refractivity contribution in [3.63, 3.8) is 0 Å². The summed E-state index contributed by atoms with van der Waals surface area (Å²) in [6.07, 6.45) is 1.04. The molecule has 0 atom stereocenters. The third-order valence-corrected chi connectivity index (χ3v) is 9.98. The van der Waals surface area contributed by atoms with Crippen LogP contribution in [0.3, 0.4) is 0 Å². The van der Waals surface area contributed by atoms with Crippen molar-refractivity contribution in [3.05, 3.63) is 65.7 Å². The predicted molar refractivity (Wildman–Crippen MR) is 89.7 cm³/mol. The molecule has 2 nitrogen and oxygen atoms in total. The molecule has 0 aromatic heterocycles. The van der Waals surface area contributed by atoms with E-state index in [1.165, 1.54) is 20.9 Å². The molecule has 2 aromatic carbocycles. The Bertz CT molecular complexity index is 613. The van der Waals surface area contributed by atoms with E-state index in [-0.39, 0.29) is 0 Å². The summed E-state index contributed by atoms with van der Waals surface area (Å²) in [5.41, 5.74) is 2.66. The summed E-state index contributed by atoms with van der Waals surface area (Å²) in [6, 6.07) is 19.4. The molecule has 1 heterocycles. The molecule has 3 rings (SSSR count). The Kier molecular flexibility index (Phi) is 5.53. The molecule has 0 radical (unpaired) electrons. The number of hydrogen-bond donors (Lipinski definition) is 0. The van der Waals surface area contributed by atoms with Crippen LogP contribution in [0, 0.1) is 0 Å². The van der Waals surface area contributed by atoms with Gasteiger partial charge in [0, 0.05) is 0 Å². The molecule has 1 aliphatic heterocycles. The number of nitrogens with zero attached hydrogens (tertiary/aromatic N) is 1. The zero-order chi connectivity index (χ0) is 14.3. The molecule has 0 aliphatic carbocycles. The molecule has 0 fully saturated rings. The van der Waals surface area contributed by atoms with Crippen molar-refractivity contribution in [2.75, 3.05) is 13.2 Å². The molecule has 0 amide bonds. The van der Waals surface area contributed by atoms with Crippen LogP contribution in [0.1, 0.15) is 17.5 Å². The van der Waals surface area contributed by atoms with E-state index in [9.17, 15) is 0 Å². The Morgan fingerprint density at radius 1 is 1.00 bits per heavy atom. The van der Waals surface area contributed by atoms with Gasteiger partial charge >= 0.3 is 137 Å². The van der Waals surface area contributed by atoms with Crippen LogP contribution in [-0.4, -0.2) is 45.3 Å². The maximum atomic E-state index is 5.74. The minimum absolute atomic E-state index is 0.517. The van der Waals surface area contributed by atoms with Crippen molar-refractivity contribution in [3.8, 4) is 0 Å². The Morgan fingerprint density at radius 2 is 1.81 bits per heavy atom. The van der Waals surface area contributed by atoms with E-state index in [0.29, 0.717) is 26.3 Å². The van der Waals surface area contributed by atoms with E-state index in [2.05, 4.69) is 59.6 Å². The van der Waals surface area contributed by atoms with Gasteiger partial charge in [-0.05, 0) is 0 Å². The van der Waals surface area contributed by atoms with Gasteiger partial charge in [-0.25, -0.2) is 0 Å². The van der Waals surface area contributed by atoms with Crippen molar-refractivity contribution >= 4 is 36.6 Å². The first-order chi connectivity index (χ1) is 10.4. The number of ether oxygens (including phenoxy) is 1. The van der Waals surface area contributed by atoms with Gasteiger partial charge in [-0.1, -0.05) is 0 Å². The van der Waals surface area contributed by atoms with Gasteiger partial charge in [0.15, 0.2) is 0 Å². The van der Waals surface area contributed by atoms with E-state index < -0.39 is 0 Å². The molecular formula is C17H17NOSe2. The first-order valence-corrected chi connectivity index (χ1v) is 13.4. The van der Waals surface area contributed by atoms with Crippen LogP contribution in [0.4, 0.5) is 0 Å². The zero-order valence-corrected chi connectivity index (χ0v) is 15.1. The van der Waals surface area contributed by atoms with E-state index in [0.717, 1.165) is 25.5 Å². The molecule has 2 aromatic rings. The second-order valence-electron chi connectivity index (χ2n) is 4.72. The first kappa shape index (κ1) is 14.9. The SMILES string of the molecule is c1ccc(C[Se][Se]c2ccccc2C2=NCCCO2)cc1. The molecule has 0 unspecified atom stereocenters. The predicted octanol–water partition coefficient (Wildman–Crippen LogP) is 2.00. The van der Waals surface area contributed by atoms with Crippen molar-refractivity contribution in [2.24, 2.45) is 4.99 Å². The third-order valence-electron chi connectivity index (χ3n) is 3.13. The monoisotopic (exact) mass is 411 g/mol. The van der Waals surface area contributed by atoms with Gasteiger partial charge in [0.1, 0.15) is 0 Å². The maximum absolute atomic E-state index is 5.74. The Balaban J connectivity index is 1.66. The van der Waals surface area contributed by atoms with Gasteiger partial charge in [-0.15, -0.1) is 0 Å². The molecule has 0 saturated carbocycles. The second-order valence-corrected chi connectivity index (χ2v) is 11.5. The molecule has 0 saturated heterocycles. The van der Waals surface area contributed by atoms with Crippen LogP contribution < -0.4 is 4.46 Å². The standard InChI is InChI=1S/C17H17NOSe2/c1-2-7-14(8-3-1)13-20-21-16-10-5-4-9-15(16)17-18-11-6-12-19-17/h1-5,7-10H,6,11-13H2. The van der Waals surface area contributed by atoms with E-state index in [1.54, 1.807) is 0 Å². The van der Waals surface area contributed by atoms with E-state index in [1.807, 2.05) is 0 Å². The normalized spacial score (nSPS) is 14.4. The van der Waals surface area contributed by atoms with Gasteiger partial charge in [-0.3, -0.25) is 0 Å². The summed E-state index contributed by atoms with van der Waals surface area (Å²) >= 11 is 1.14. The Labute approximate surface area is 136 Å². The average Bonchev–Trinajstić information content (AvgIpc) is 2.57. The first-order valence-electron chi connectivity index (χ1n) is 7.03. The molecule has 21 heavy (non-hydrogen) atoms. The zero-order valence-electron chi connectivity index (χ0n) is 11.7. The molecule has 0 spiro atoms. The third kappa shape index (κ3) is 4.21. The van der Waals surface area contributed by atoms with Gasteiger partial charge in [0.05, 0.1) is 0 Å². The van der Waals surface area contributed by atoms with E-state index in [4.69, 9.17) is 4.74 Å². The van der Waals surface area contributed by atoms with Crippen LogP contribution in [-0.2, 0) is 10.1 Å². The summed E-state index contributed by atoms with van der Waals surface area (Å²) < 4.78 is 7.17. The summed E-state index contributed by atoms with van der Waals surface area (Å²) in [4.78, 5) is 4.54. The number of aliphatic imine (C=N–C) groups is 1. The Hall–Kier alpha value is -1.05. The van der Waals surface area contributed by atoms with Crippen molar-refractivity contribution in [1.82, 2.24) is 0 Å². The molecule has 4 heteroatoms. The molecular weight excluding hydrogens is 392 g/mol. The summed E-state index contributed by atoms with van der Waals surface area (Å²) in [6.45, 7) is 1.70. The van der Waals surface area contributed by atoms with E-state index >= 15 is 0 Å². The fourth-order valence-corrected chi connectivity index (χ4v) is 9.04. The van der Waals surface area contributed by atoms with Crippen molar-refractivity contribution < 1.29 is 4.74 Å². The molecule has 0 N–H and O–H groups in total. The van der Waals surface area contributed by atoms with Gasteiger partial charge in [0.2, 0.25) is 0 Å². The average molecular weight is 409 g/mol. The van der Waals surface area contributed by atoms with Crippen LogP contribution in [0.2, 0.25) is 0 Å². The van der Waals surface area contributed by atoms with Crippen LogP contribution in [0.5, 0.6) is 0 Å². The number of benzene rings is 2. The number of rotatable bonds is 5. The summed E-state index contributed by atoms with van der Waals surface area (Å²) in [5.74, 6) is 0.856. The number of hydrogen-bond acceptors (Lipinski definition) is 2. The fraction of sp³-hybridized carbons (Fsp3) is 0.235. The Morgan fingerprint density at radius 3 is 2.62 bits per heavy atom. The molecule has 0 bridgehead atoms. The van der Waals surface area contributed by atoms with Gasteiger partial charge < -0.3 is 0 Å². The molecule has 108 valence electrons. The summed E-state index contributed by atoms with van der Waals surface area (Å²) in [5, 5.41) is 1.20. The quantitative estimate of drug-likeness (QED) is 0.693. The van der Waals surface area contributed by atoms with Gasteiger partial charge in [-0.2, -0.15) is 0 Å².